The second-order valence-electron chi connectivity index (χ2n) is 6.00. The van der Waals surface area contributed by atoms with Gasteiger partial charge in [0.2, 0.25) is 0 Å². The monoisotopic (exact) mass is 413 g/mol. The number of halogens is 1. The van der Waals surface area contributed by atoms with Crippen LogP contribution in [0.2, 0.25) is 5.02 Å². The average molecular weight is 414 g/mol. The van der Waals surface area contributed by atoms with Crippen molar-refractivity contribution in [2.24, 2.45) is 5.10 Å². The predicted octanol–water partition coefficient (Wildman–Crippen LogP) is 4.35. The lowest BCUT2D eigenvalue weighted by atomic mass is 10.1. The molecule has 0 radical (unpaired) electrons. The summed E-state index contributed by atoms with van der Waals surface area (Å²) in [5.41, 5.74) is 3.71. The molecule has 1 N–H and O–H groups in total. The van der Waals surface area contributed by atoms with Crippen LogP contribution < -0.4 is 10.2 Å². The first-order valence-corrected chi connectivity index (χ1v) is 8.85. The minimum Gasteiger partial charge on any atom is -0.484 e. The molecule has 0 saturated heterocycles. The van der Waals surface area contributed by atoms with Crippen molar-refractivity contribution in [2.45, 2.75) is 6.92 Å². The van der Waals surface area contributed by atoms with E-state index < -0.39 is 10.8 Å². The van der Waals surface area contributed by atoms with Gasteiger partial charge in [-0.1, -0.05) is 23.7 Å². The van der Waals surface area contributed by atoms with E-state index in [9.17, 15) is 14.9 Å². The zero-order valence-electron chi connectivity index (χ0n) is 15.3. The Bertz CT molecular complexity index is 1080. The number of nitro groups is 1. The molecule has 0 unspecified atom stereocenters. The van der Waals surface area contributed by atoms with Crippen molar-refractivity contribution in [2.75, 3.05) is 6.61 Å². The molecule has 0 saturated carbocycles. The Hall–Kier alpha value is -3.65. The number of carbonyl (C=O) groups is 1. The van der Waals surface area contributed by atoms with Crippen LogP contribution in [0.25, 0.3) is 11.3 Å². The number of hydrogen-bond acceptors (Lipinski definition) is 6. The van der Waals surface area contributed by atoms with Crippen molar-refractivity contribution in [3.8, 4) is 17.1 Å². The van der Waals surface area contributed by atoms with Crippen LogP contribution in [0.4, 0.5) is 5.69 Å². The number of non-ortho nitro benzene ring substituents is 1. The van der Waals surface area contributed by atoms with Crippen LogP contribution in [0.1, 0.15) is 11.3 Å². The zero-order chi connectivity index (χ0) is 20.8. The van der Waals surface area contributed by atoms with Gasteiger partial charge < -0.3 is 9.15 Å². The Labute approximate surface area is 170 Å². The lowest BCUT2D eigenvalue weighted by molar-refractivity contribution is -0.384. The molecule has 3 rings (SSSR count). The molecule has 9 heteroatoms. The predicted molar refractivity (Wildman–Crippen MR) is 108 cm³/mol. The number of benzene rings is 2. The molecular weight excluding hydrogens is 398 g/mol. The highest BCUT2D eigenvalue weighted by Crippen LogP contribution is 2.25. The summed E-state index contributed by atoms with van der Waals surface area (Å²) in [6.45, 7) is 1.63. The number of nitrogens with one attached hydrogen (secondary N) is 1. The molecule has 0 spiro atoms. The van der Waals surface area contributed by atoms with Crippen LogP contribution in [0.5, 0.6) is 5.75 Å². The van der Waals surface area contributed by atoms with Gasteiger partial charge in [-0.3, -0.25) is 14.9 Å². The Morgan fingerprint density at radius 3 is 2.86 bits per heavy atom. The van der Waals surface area contributed by atoms with Gasteiger partial charge in [0, 0.05) is 22.7 Å². The van der Waals surface area contributed by atoms with Gasteiger partial charge in [-0.2, -0.15) is 5.10 Å². The molecule has 29 heavy (non-hydrogen) atoms. The molecule has 8 nitrogen and oxygen atoms in total. The molecule has 2 aromatic carbocycles. The highest BCUT2D eigenvalue weighted by atomic mass is 35.5. The first-order valence-electron chi connectivity index (χ1n) is 8.48. The van der Waals surface area contributed by atoms with E-state index in [0.29, 0.717) is 27.9 Å². The van der Waals surface area contributed by atoms with Gasteiger partial charge in [0.15, 0.2) is 6.61 Å². The van der Waals surface area contributed by atoms with E-state index in [-0.39, 0.29) is 12.3 Å². The Morgan fingerprint density at radius 1 is 1.28 bits per heavy atom. The van der Waals surface area contributed by atoms with Crippen molar-refractivity contribution < 1.29 is 18.9 Å². The number of nitro benzene ring substituents is 1. The smallest absolute Gasteiger partial charge is 0.277 e. The zero-order valence-corrected chi connectivity index (χ0v) is 16.1. The van der Waals surface area contributed by atoms with Gasteiger partial charge in [0.1, 0.15) is 17.3 Å². The molecule has 0 bridgehead atoms. The highest BCUT2D eigenvalue weighted by molar-refractivity contribution is 6.31. The van der Waals surface area contributed by atoms with E-state index in [1.54, 1.807) is 42.5 Å². The van der Waals surface area contributed by atoms with E-state index in [0.717, 1.165) is 5.56 Å². The fourth-order valence-electron chi connectivity index (χ4n) is 2.41. The number of amides is 1. The minimum atomic E-state index is -0.474. The lowest BCUT2D eigenvalue weighted by Gasteiger charge is -2.06. The van der Waals surface area contributed by atoms with Crippen molar-refractivity contribution in [3.63, 3.8) is 0 Å². The molecule has 1 amide bonds. The Balaban J connectivity index is 1.54. The molecule has 1 heterocycles. The molecule has 3 aromatic rings. The quantitative estimate of drug-likeness (QED) is 0.352. The van der Waals surface area contributed by atoms with Gasteiger partial charge >= 0.3 is 0 Å². The van der Waals surface area contributed by atoms with E-state index in [2.05, 4.69) is 10.5 Å². The molecule has 0 atom stereocenters. The molecule has 148 valence electrons. The summed E-state index contributed by atoms with van der Waals surface area (Å²) in [4.78, 5) is 22.2. The van der Waals surface area contributed by atoms with Crippen LogP contribution in [-0.2, 0) is 4.79 Å². The fraction of sp³-hybridized carbons (Fsp3) is 0.100. The van der Waals surface area contributed by atoms with Crippen molar-refractivity contribution in [1.82, 2.24) is 5.43 Å². The van der Waals surface area contributed by atoms with Gasteiger partial charge in [0.25, 0.3) is 11.6 Å². The molecule has 0 aliphatic heterocycles. The standard InChI is InChI=1S/C20H16ClN3O5/c1-13-9-16(5-7-18(13)21)28-12-20(25)23-22-11-17-6-8-19(29-17)14-3-2-4-15(10-14)24(26)27/h2-11H,12H2,1H3,(H,23,25). The summed E-state index contributed by atoms with van der Waals surface area (Å²) < 4.78 is 10.9. The number of hydrogen-bond donors (Lipinski definition) is 1. The third-order valence-corrected chi connectivity index (χ3v) is 4.27. The van der Waals surface area contributed by atoms with Gasteiger partial charge in [-0.05, 0) is 42.8 Å². The van der Waals surface area contributed by atoms with E-state index in [1.165, 1.54) is 18.3 Å². The minimum absolute atomic E-state index is 0.0303. The first-order chi connectivity index (χ1) is 13.9. The number of nitrogens with zero attached hydrogens (tertiary/aromatic N) is 2. The van der Waals surface area contributed by atoms with Crippen LogP contribution in [0, 0.1) is 17.0 Å². The number of aryl methyl sites for hydroxylation is 1. The van der Waals surface area contributed by atoms with Gasteiger partial charge in [-0.25, -0.2) is 5.43 Å². The lowest BCUT2D eigenvalue weighted by Crippen LogP contribution is -2.24. The third kappa shape index (κ3) is 5.43. The van der Waals surface area contributed by atoms with Crippen molar-refractivity contribution in [1.29, 1.82) is 0 Å². The SMILES string of the molecule is Cc1cc(OCC(=O)NN=Cc2ccc(-c3cccc([N+](=O)[O-])c3)o2)ccc1Cl. The molecular formula is C20H16ClN3O5. The molecule has 1 aromatic heterocycles. The van der Waals surface area contributed by atoms with Gasteiger partial charge in [-0.15, -0.1) is 0 Å². The maximum atomic E-state index is 11.8. The Morgan fingerprint density at radius 2 is 2.10 bits per heavy atom. The second-order valence-corrected chi connectivity index (χ2v) is 6.41. The third-order valence-electron chi connectivity index (χ3n) is 3.85. The van der Waals surface area contributed by atoms with Crippen LogP contribution in [-0.4, -0.2) is 23.7 Å². The number of hydrazone groups is 1. The van der Waals surface area contributed by atoms with Gasteiger partial charge in [0.05, 0.1) is 11.1 Å². The largest absolute Gasteiger partial charge is 0.484 e. The summed E-state index contributed by atoms with van der Waals surface area (Å²) in [5.74, 6) is 0.905. The fourth-order valence-corrected chi connectivity index (χ4v) is 2.52. The second kappa shape index (κ2) is 9.03. The summed E-state index contributed by atoms with van der Waals surface area (Å²) >= 11 is 5.94. The summed E-state index contributed by atoms with van der Waals surface area (Å²) in [7, 11) is 0. The summed E-state index contributed by atoms with van der Waals surface area (Å²) in [6, 6.07) is 14.5. The molecule has 0 fully saturated rings. The van der Waals surface area contributed by atoms with E-state index in [1.807, 2.05) is 6.92 Å². The topological polar surface area (TPSA) is 107 Å². The maximum absolute atomic E-state index is 11.8. The number of carbonyl (C=O) groups excluding carboxylic acids is 1. The maximum Gasteiger partial charge on any atom is 0.277 e. The molecule has 0 aliphatic carbocycles. The molecule has 0 aliphatic rings. The van der Waals surface area contributed by atoms with Crippen LogP contribution in [0.15, 0.2) is 64.1 Å². The average Bonchev–Trinajstić information content (AvgIpc) is 3.18. The number of rotatable bonds is 7. The number of ether oxygens (including phenoxy) is 1. The van der Waals surface area contributed by atoms with Crippen LogP contribution in [0.3, 0.4) is 0 Å². The first kappa shape index (κ1) is 20.1. The van der Waals surface area contributed by atoms with E-state index >= 15 is 0 Å². The van der Waals surface area contributed by atoms with Crippen molar-refractivity contribution in [3.05, 3.63) is 81.1 Å². The summed E-state index contributed by atoms with van der Waals surface area (Å²) in [6.07, 6.45) is 1.32. The van der Waals surface area contributed by atoms with Crippen LogP contribution >= 0.6 is 11.6 Å². The highest BCUT2D eigenvalue weighted by Gasteiger charge is 2.10. The van der Waals surface area contributed by atoms with E-state index in [4.69, 9.17) is 20.8 Å². The normalized spacial score (nSPS) is 10.8. The van der Waals surface area contributed by atoms with Crippen molar-refractivity contribution >= 4 is 29.4 Å². The Kier molecular flexibility index (Phi) is 6.25. The summed E-state index contributed by atoms with van der Waals surface area (Å²) in [5, 5.41) is 15.3. The number of furan rings is 1.